The standard InChI is InChI=1S/C23H19N7O3/c1-32-18-10-16(11-19(33-2)20(18)31)29-23-27-13-26-22(30-23)17-7-4-8-25-21(17)28-15-6-3-5-14(9-15)12-24/h3-11,13,31H,1-2H3,(H,25,28)(H,26,27,29,30). The molecule has 3 N–H and O–H groups in total. The molecule has 10 nitrogen and oxygen atoms in total. The van der Waals surface area contributed by atoms with E-state index in [-0.39, 0.29) is 23.2 Å². The summed E-state index contributed by atoms with van der Waals surface area (Å²) >= 11 is 0. The molecular weight excluding hydrogens is 422 g/mol. The lowest BCUT2D eigenvalue weighted by molar-refractivity contribution is 0.340. The van der Waals surface area contributed by atoms with Crippen molar-refractivity contribution in [2.24, 2.45) is 0 Å². The molecule has 0 radical (unpaired) electrons. The maximum atomic E-state index is 10.1. The number of anilines is 4. The van der Waals surface area contributed by atoms with Crippen LogP contribution in [0.5, 0.6) is 17.2 Å². The summed E-state index contributed by atoms with van der Waals surface area (Å²) in [6.45, 7) is 0. The number of rotatable bonds is 7. The van der Waals surface area contributed by atoms with E-state index in [1.54, 1.807) is 42.6 Å². The Bertz CT molecular complexity index is 1310. The summed E-state index contributed by atoms with van der Waals surface area (Å²) in [6, 6.07) is 16.0. The van der Waals surface area contributed by atoms with E-state index in [0.717, 1.165) is 0 Å². The Morgan fingerprint density at radius 3 is 2.42 bits per heavy atom. The van der Waals surface area contributed by atoms with Gasteiger partial charge in [0.25, 0.3) is 0 Å². The van der Waals surface area contributed by atoms with E-state index in [1.807, 2.05) is 12.1 Å². The second-order valence-corrected chi connectivity index (χ2v) is 6.70. The van der Waals surface area contributed by atoms with E-state index in [9.17, 15) is 5.11 Å². The van der Waals surface area contributed by atoms with Gasteiger partial charge in [0.2, 0.25) is 11.7 Å². The Morgan fingerprint density at radius 1 is 0.909 bits per heavy atom. The number of aromatic hydroxyl groups is 1. The highest BCUT2D eigenvalue weighted by molar-refractivity contribution is 5.75. The van der Waals surface area contributed by atoms with Crippen LogP contribution in [0, 0.1) is 11.3 Å². The van der Waals surface area contributed by atoms with Crippen molar-refractivity contribution in [2.75, 3.05) is 24.9 Å². The van der Waals surface area contributed by atoms with Gasteiger partial charge in [-0.15, -0.1) is 0 Å². The highest BCUT2D eigenvalue weighted by Crippen LogP contribution is 2.39. The van der Waals surface area contributed by atoms with E-state index < -0.39 is 0 Å². The number of methoxy groups -OCH3 is 2. The minimum absolute atomic E-state index is 0.103. The van der Waals surface area contributed by atoms with Gasteiger partial charge in [0.05, 0.1) is 31.4 Å². The first-order valence-electron chi connectivity index (χ1n) is 9.75. The first-order valence-corrected chi connectivity index (χ1v) is 9.75. The fourth-order valence-electron chi connectivity index (χ4n) is 3.07. The van der Waals surface area contributed by atoms with Gasteiger partial charge < -0.3 is 25.2 Å². The molecule has 33 heavy (non-hydrogen) atoms. The molecule has 2 heterocycles. The van der Waals surface area contributed by atoms with Crippen molar-refractivity contribution >= 4 is 23.1 Å². The number of phenolic OH excluding ortho intramolecular Hbond substituents is 1. The van der Waals surface area contributed by atoms with Crippen LogP contribution in [0.15, 0.2) is 61.1 Å². The van der Waals surface area contributed by atoms with Gasteiger partial charge in [-0.05, 0) is 30.3 Å². The van der Waals surface area contributed by atoms with Crippen molar-refractivity contribution in [3.63, 3.8) is 0 Å². The van der Waals surface area contributed by atoms with Gasteiger partial charge in [-0.25, -0.2) is 15.0 Å². The second-order valence-electron chi connectivity index (χ2n) is 6.70. The van der Waals surface area contributed by atoms with Gasteiger partial charge in [0.1, 0.15) is 12.1 Å². The highest BCUT2D eigenvalue weighted by atomic mass is 16.5. The van der Waals surface area contributed by atoms with Crippen LogP contribution in [-0.4, -0.2) is 39.3 Å². The summed E-state index contributed by atoms with van der Waals surface area (Å²) in [5, 5.41) is 25.5. The van der Waals surface area contributed by atoms with Crippen LogP contribution in [0.2, 0.25) is 0 Å². The minimum Gasteiger partial charge on any atom is -0.502 e. The molecule has 0 spiro atoms. The Kier molecular flexibility index (Phi) is 6.13. The molecule has 4 aromatic rings. The zero-order valence-corrected chi connectivity index (χ0v) is 17.8. The van der Waals surface area contributed by atoms with Crippen LogP contribution in [0.4, 0.5) is 23.1 Å². The van der Waals surface area contributed by atoms with Crippen LogP contribution >= 0.6 is 0 Å². The highest BCUT2D eigenvalue weighted by Gasteiger charge is 2.14. The van der Waals surface area contributed by atoms with Gasteiger partial charge >= 0.3 is 0 Å². The average molecular weight is 441 g/mol. The predicted molar refractivity (Wildman–Crippen MR) is 122 cm³/mol. The van der Waals surface area contributed by atoms with Crippen LogP contribution < -0.4 is 20.1 Å². The molecular formula is C23H19N7O3. The summed E-state index contributed by atoms with van der Waals surface area (Å²) in [4.78, 5) is 17.4. The Balaban J connectivity index is 1.65. The molecule has 0 aliphatic heterocycles. The first kappa shape index (κ1) is 21.3. The third-order valence-electron chi connectivity index (χ3n) is 4.61. The average Bonchev–Trinajstić information content (AvgIpc) is 2.85. The molecule has 0 aliphatic carbocycles. The fourth-order valence-corrected chi connectivity index (χ4v) is 3.07. The summed E-state index contributed by atoms with van der Waals surface area (Å²) < 4.78 is 10.4. The first-order chi connectivity index (χ1) is 16.1. The van der Waals surface area contributed by atoms with Crippen molar-refractivity contribution < 1.29 is 14.6 Å². The van der Waals surface area contributed by atoms with Crippen LogP contribution in [0.3, 0.4) is 0 Å². The number of ether oxygens (including phenoxy) is 2. The molecule has 0 unspecified atom stereocenters. The third kappa shape index (κ3) is 4.72. The van der Waals surface area contributed by atoms with E-state index in [0.29, 0.717) is 34.1 Å². The lowest BCUT2D eigenvalue weighted by Gasteiger charge is -2.13. The number of nitriles is 1. The van der Waals surface area contributed by atoms with Crippen molar-refractivity contribution in [1.82, 2.24) is 19.9 Å². The van der Waals surface area contributed by atoms with Gasteiger partial charge in [-0.2, -0.15) is 10.2 Å². The fraction of sp³-hybridized carbons (Fsp3) is 0.0870. The van der Waals surface area contributed by atoms with Crippen molar-refractivity contribution in [2.45, 2.75) is 0 Å². The summed E-state index contributed by atoms with van der Waals surface area (Å²) in [7, 11) is 2.89. The van der Waals surface area contributed by atoms with Crippen molar-refractivity contribution in [3.05, 3.63) is 66.6 Å². The quantitative estimate of drug-likeness (QED) is 0.360. The summed E-state index contributed by atoms with van der Waals surface area (Å²) in [6.07, 6.45) is 3.03. The number of phenols is 1. The molecule has 2 aromatic heterocycles. The zero-order valence-electron chi connectivity index (χ0n) is 17.8. The van der Waals surface area contributed by atoms with Crippen LogP contribution in [0.1, 0.15) is 5.56 Å². The molecule has 10 heteroatoms. The third-order valence-corrected chi connectivity index (χ3v) is 4.61. The number of hydrogen-bond donors (Lipinski definition) is 3. The monoisotopic (exact) mass is 441 g/mol. The van der Waals surface area contributed by atoms with Gasteiger partial charge in [-0.1, -0.05) is 6.07 Å². The molecule has 0 saturated heterocycles. The van der Waals surface area contributed by atoms with E-state index >= 15 is 0 Å². The van der Waals surface area contributed by atoms with Gasteiger partial charge in [-0.3, -0.25) is 0 Å². The second kappa shape index (κ2) is 9.49. The molecule has 0 saturated carbocycles. The Hall–Kier alpha value is -4.91. The Morgan fingerprint density at radius 2 is 1.70 bits per heavy atom. The molecule has 0 aliphatic rings. The minimum atomic E-state index is -0.103. The van der Waals surface area contributed by atoms with Crippen molar-refractivity contribution in [3.8, 4) is 34.7 Å². The van der Waals surface area contributed by atoms with E-state index in [1.165, 1.54) is 20.5 Å². The molecule has 0 atom stereocenters. The molecule has 164 valence electrons. The normalized spacial score (nSPS) is 10.2. The molecule has 4 rings (SSSR count). The number of benzene rings is 2. The number of hydrogen-bond acceptors (Lipinski definition) is 10. The number of nitrogens with zero attached hydrogens (tertiary/aromatic N) is 5. The smallest absolute Gasteiger partial charge is 0.230 e. The molecule has 0 fully saturated rings. The van der Waals surface area contributed by atoms with Gasteiger partial charge in [0.15, 0.2) is 17.3 Å². The van der Waals surface area contributed by atoms with E-state index in [4.69, 9.17) is 14.7 Å². The number of pyridine rings is 1. The molecule has 2 aromatic carbocycles. The van der Waals surface area contributed by atoms with Gasteiger partial charge in [0, 0.05) is 29.7 Å². The van der Waals surface area contributed by atoms with Crippen LogP contribution in [-0.2, 0) is 0 Å². The number of nitrogens with one attached hydrogen (secondary N) is 2. The topological polar surface area (TPSA) is 138 Å². The SMILES string of the molecule is COc1cc(Nc2ncnc(-c3cccnc3Nc3cccc(C#N)c3)n2)cc(OC)c1O. The molecule has 0 bridgehead atoms. The maximum absolute atomic E-state index is 10.1. The lowest BCUT2D eigenvalue weighted by atomic mass is 10.2. The maximum Gasteiger partial charge on any atom is 0.230 e. The summed E-state index contributed by atoms with van der Waals surface area (Å²) in [5.41, 5.74) is 2.44. The van der Waals surface area contributed by atoms with E-state index in [2.05, 4.69) is 36.6 Å². The summed E-state index contributed by atoms with van der Waals surface area (Å²) in [5.74, 6) is 1.56. The zero-order chi connectivity index (χ0) is 23.2. The Labute approximate surface area is 189 Å². The number of aromatic nitrogens is 4. The lowest BCUT2D eigenvalue weighted by Crippen LogP contribution is -2.03. The predicted octanol–water partition coefficient (Wildman–Crippen LogP) is 4.02. The largest absolute Gasteiger partial charge is 0.502 e. The van der Waals surface area contributed by atoms with Crippen molar-refractivity contribution in [1.29, 1.82) is 5.26 Å². The molecule has 0 amide bonds. The van der Waals surface area contributed by atoms with Crippen LogP contribution in [0.25, 0.3) is 11.4 Å².